The van der Waals surface area contributed by atoms with Crippen LogP contribution in [0.25, 0.3) is 0 Å². The van der Waals surface area contributed by atoms with E-state index in [2.05, 4.69) is 25.7 Å². The summed E-state index contributed by atoms with van der Waals surface area (Å²) in [5, 5.41) is 0. The van der Waals surface area contributed by atoms with E-state index in [4.69, 9.17) is 5.73 Å². The van der Waals surface area contributed by atoms with Crippen molar-refractivity contribution in [3.05, 3.63) is 0 Å². The molecule has 0 radical (unpaired) electrons. The molecule has 0 spiro atoms. The predicted octanol–water partition coefficient (Wildman–Crippen LogP) is 2.63. The van der Waals surface area contributed by atoms with Crippen LogP contribution in [-0.4, -0.2) is 30.6 Å². The molecule has 2 nitrogen and oxygen atoms in total. The van der Waals surface area contributed by atoms with Crippen molar-refractivity contribution in [3.63, 3.8) is 0 Å². The molecule has 2 heteroatoms. The van der Waals surface area contributed by atoms with Gasteiger partial charge in [-0.3, -0.25) is 4.90 Å². The normalized spacial score (nSPS) is 13.5. The molecule has 2 N–H and O–H groups in total. The fraction of sp³-hybridized carbons (Fsp3) is 1.00. The molecule has 0 rings (SSSR count). The third kappa shape index (κ3) is 5.61. The lowest BCUT2D eigenvalue weighted by Gasteiger charge is -2.30. The van der Waals surface area contributed by atoms with E-state index in [1.54, 1.807) is 0 Å². The summed E-state index contributed by atoms with van der Waals surface area (Å²) in [4.78, 5) is 2.57. The van der Waals surface area contributed by atoms with Crippen molar-refractivity contribution in [2.45, 2.75) is 58.9 Å². The first-order valence-corrected chi connectivity index (χ1v) is 6.24. The molecule has 0 saturated heterocycles. The minimum Gasteiger partial charge on any atom is -0.329 e. The Morgan fingerprint density at radius 3 is 1.93 bits per heavy atom. The highest BCUT2D eigenvalue weighted by atomic mass is 15.2. The monoisotopic (exact) mass is 200 g/mol. The van der Waals surface area contributed by atoms with Gasteiger partial charge in [-0.1, -0.05) is 33.6 Å². The molecule has 0 aromatic carbocycles. The Labute approximate surface area is 89.9 Å². The minimum atomic E-state index is 0.620. The molecule has 0 heterocycles. The third-order valence-corrected chi connectivity index (χ3v) is 2.70. The van der Waals surface area contributed by atoms with Crippen molar-refractivity contribution < 1.29 is 0 Å². The average molecular weight is 200 g/mol. The van der Waals surface area contributed by atoms with Gasteiger partial charge in [-0.25, -0.2) is 0 Å². The molecule has 0 aromatic heterocycles. The van der Waals surface area contributed by atoms with Gasteiger partial charge in [-0.05, 0) is 32.4 Å². The number of unbranched alkanes of at least 4 members (excludes halogenated alkanes) is 1. The average Bonchev–Trinajstić information content (AvgIpc) is 2.19. The van der Waals surface area contributed by atoms with E-state index in [9.17, 15) is 0 Å². The molecule has 0 bridgehead atoms. The zero-order chi connectivity index (χ0) is 10.8. The van der Waals surface area contributed by atoms with Gasteiger partial charge < -0.3 is 5.73 Å². The summed E-state index contributed by atoms with van der Waals surface area (Å²) in [5.74, 6) is 0. The Morgan fingerprint density at radius 2 is 1.57 bits per heavy atom. The molecule has 0 aromatic rings. The molecule has 0 aliphatic heterocycles. The molecule has 1 unspecified atom stereocenters. The molecule has 1 atom stereocenters. The van der Waals surface area contributed by atoms with E-state index in [0.29, 0.717) is 6.04 Å². The summed E-state index contributed by atoms with van der Waals surface area (Å²) in [6, 6.07) is 0.620. The summed E-state index contributed by atoms with van der Waals surface area (Å²) in [7, 11) is 0. The number of nitrogens with zero attached hydrogens (tertiary/aromatic N) is 1. The van der Waals surface area contributed by atoms with Gasteiger partial charge in [-0.15, -0.1) is 0 Å². The fourth-order valence-electron chi connectivity index (χ4n) is 1.94. The Morgan fingerprint density at radius 1 is 1.00 bits per heavy atom. The van der Waals surface area contributed by atoms with Crippen LogP contribution in [-0.2, 0) is 0 Å². The lowest BCUT2D eigenvalue weighted by molar-refractivity contribution is 0.188. The number of hydrogen-bond donors (Lipinski definition) is 1. The number of nitrogens with two attached hydrogens (primary N) is 1. The molecule has 14 heavy (non-hydrogen) atoms. The summed E-state index contributed by atoms with van der Waals surface area (Å²) in [5.41, 5.74) is 5.83. The van der Waals surface area contributed by atoms with Crippen molar-refractivity contribution in [1.82, 2.24) is 4.90 Å². The van der Waals surface area contributed by atoms with Crippen molar-refractivity contribution in [1.29, 1.82) is 0 Å². The maximum absolute atomic E-state index is 5.83. The van der Waals surface area contributed by atoms with Gasteiger partial charge in [0.15, 0.2) is 0 Å². The summed E-state index contributed by atoms with van der Waals surface area (Å²) in [6.07, 6.45) is 6.34. The van der Waals surface area contributed by atoms with Gasteiger partial charge in [0, 0.05) is 12.6 Å². The maximum Gasteiger partial charge on any atom is 0.0218 e. The molecular formula is C12H28N2. The van der Waals surface area contributed by atoms with E-state index in [-0.39, 0.29) is 0 Å². The second-order valence-corrected chi connectivity index (χ2v) is 4.07. The van der Waals surface area contributed by atoms with Crippen LogP contribution >= 0.6 is 0 Å². The second-order valence-electron chi connectivity index (χ2n) is 4.07. The second kappa shape index (κ2) is 9.47. The van der Waals surface area contributed by atoms with Crippen LogP contribution in [0.3, 0.4) is 0 Å². The van der Waals surface area contributed by atoms with E-state index in [1.807, 2.05) is 0 Å². The zero-order valence-corrected chi connectivity index (χ0v) is 10.3. The van der Waals surface area contributed by atoms with Gasteiger partial charge in [-0.2, -0.15) is 0 Å². The Balaban J connectivity index is 3.96. The van der Waals surface area contributed by atoms with E-state index >= 15 is 0 Å². The number of hydrogen-bond acceptors (Lipinski definition) is 2. The first-order chi connectivity index (χ1) is 6.79. The van der Waals surface area contributed by atoms with Crippen LogP contribution in [0.4, 0.5) is 0 Å². The van der Waals surface area contributed by atoms with Gasteiger partial charge in [0.05, 0.1) is 0 Å². The van der Waals surface area contributed by atoms with Gasteiger partial charge in [0.1, 0.15) is 0 Å². The van der Waals surface area contributed by atoms with Crippen molar-refractivity contribution >= 4 is 0 Å². The van der Waals surface area contributed by atoms with Crippen LogP contribution in [0.15, 0.2) is 0 Å². The van der Waals surface area contributed by atoms with Crippen LogP contribution in [0.5, 0.6) is 0 Å². The van der Waals surface area contributed by atoms with E-state index in [0.717, 1.165) is 6.54 Å². The lowest BCUT2D eigenvalue weighted by atomic mass is 10.1. The third-order valence-electron chi connectivity index (χ3n) is 2.70. The SMILES string of the molecule is CCCCC(CN)N(CCC)CCC. The lowest BCUT2D eigenvalue weighted by Crippen LogP contribution is -2.41. The summed E-state index contributed by atoms with van der Waals surface area (Å²) in [6.45, 7) is 9.97. The van der Waals surface area contributed by atoms with Crippen molar-refractivity contribution in [3.8, 4) is 0 Å². The van der Waals surface area contributed by atoms with Gasteiger partial charge in [0.2, 0.25) is 0 Å². The Bertz CT molecular complexity index is 109. The molecule has 0 fully saturated rings. The molecule has 0 aliphatic carbocycles. The van der Waals surface area contributed by atoms with Crippen LogP contribution < -0.4 is 5.73 Å². The zero-order valence-electron chi connectivity index (χ0n) is 10.3. The molecule has 0 saturated carbocycles. The molecule has 0 aliphatic rings. The quantitative estimate of drug-likeness (QED) is 0.620. The minimum absolute atomic E-state index is 0.620. The molecule has 0 amide bonds. The van der Waals surface area contributed by atoms with Gasteiger partial charge in [0.25, 0.3) is 0 Å². The van der Waals surface area contributed by atoms with E-state index in [1.165, 1.54) is 45.2 Å². The maximum atomic E-state index is 5.83. The first-order valence-electron chi connectivity index (χ1n) is 6.24. The first kappa shape index (κ1) is 13.9. The molecule has 86 valence electrons. The van der Waals surface area contributed by atoms with Gasteiger partial charge >= 0.3 is 0 Å². The smallest absolute Gasteiger partial charge is 0.0218 e. The summed E-state index contributed by atoms with van der Waals surface area (Å²) < 4.78 is 0. The topological polar surface area (TPSA) is 29.3 Å². The van der Waals surface area contributed by atoms with Crippen molar-refractivity contribution in [2.75, 3.05) is 19.6 Å². The highest BCUT2D eigenvalue weighted by Crippen LogP contribution is 2.09. The fourth-order valence-corrected chi connectivity index (χ4v) is 1.94. The van der Waals surface area contributed by atoms with E-state index < -0.39 is 0 Å². The molecular weight excluding hydrogens is 172 g/mol. The van der Waals surface area contributed by atoms with Crippen LogP contribution in [0, 0.1) is 0 Å². The Kier molecular flexibility index (Phi) is 9.42. The Hall–Kier alpha value is -0.0800. The highest BCUT2D eigenvalue weighted by Gasteiger charge is 2.14. The van der Waals surface area contributed by atoms with Crippen LogP contribution in [0.1, 0.15) is 52.9 Å². The number of rotatable bonds is 9. The highest BCUT2D eigenvalue weighted by molar-refractivity contribution is 4.71. The predicted molar refractivity (Wildman–Crippen MR) is 64.5 cm³/mol. The largest absolute Gasteiger partial charge is 0.329 e. The van der Waals surface area contributed by atoms with Crippen LogP contribution in [0.2, 0.25) is 0 Å². The van der Waals surface area contributed by atoms with Crippen molar-refractivity contribution in [2.24, 2.45) is 5.73 Å². The summed E-state index contributed by atoms with van der Waals surface area (Å²) >= 11 is 0. The standard InChI is InChI=1S/C12H28N2/c1-4-7-8-12(11-13)14(9-5-2)10-6-3/h12H,4-11,13H2,1-3H3.